The lowest BCUT2D eigenvalue weighted by Gasteiger charge is -2.24. The molecule has 0 spiro atoms. The van der Waals surface area contributed by atoms with Crippen molar-refractivity contribution in [2.75, 3.05) is 0 Å². The fourth-order valence-electron chi connectivity index (χ4n) is 1.77. The highest BCUT2D eigenvalue weighted by Crippen LogP contribution is 2.27. The smallest absolute Gasteiger partial charge is 0.320 e. The molecule has 1 aliphatic carbocycles. The summed E-state index contributed by atoms with van der Waals surface area (Å²) in [6, 6.07) is -0.895. The largest absolute Gasteiger partial charge is 0.480 e. The van der Waals surface area contributed by atoms with Crippen molar-refractivity contribution >= 4 is 5.97 Å². The first kappa shape index (κ1) is 11.1. The van der Waals surface area contributed by atoms with E-state index in [1.54, 1.807) is 10.9 Å². The third kappa shape index (κ3) is 2.57. The number of carbonyl (C=O) groups is 1. The van der Waals surface area contributed by atoms with E-state index in [1.807, 2.05) is 0 Å². The van der Waals surface area contributed by atoms with Gasteiger partial charge in [0.05, 0.1) is 5.69 Å². The van der Waals surface area contributed by atoms with E-state index in [0.717, 1.165) is 6.54 Å². The first-order valence-electron chi connectivity index (χ1n) is 5.52. The Bertz CT molecular complexity index is 373. The molecule has 0 saturated heterocycles. The summed E-state index contributed by atoms with van der Waals surface area (Å²) in [5.41, 5.74) is 6.07. The van der Waals surface area contributed by atoms with Crippen molar-refractivity contribution in [2.24, 2.45) is 11.7 Å². The van der Waals surface area contributed by atoms with Crippen molar-refractivity contribution in [1.29, 1.82) is 0 Å². The van der Waals surface area contributed by atoms with E-state index in [1.165, 1.54) is 19.3 Å². The van der Waals surface area contributed by atoms with Crippen molar-refractivity contribution < 1.29 is 9.90 Å². The van der Waals surface area contributed by atoms with Crippen molar-refractivity contribution in [2.45, 2.75) is 38.3 Å². The monoisotopic (exact) mass is 224 g/mol. The lowest BCUT2D eigenvalue weighted by Crippen LogP contribution is -2.32. The van der Waals surface area contributed by atoms with Crippen LogP contribution in [0.2, 0.25) is 0 Å². The maximum atomic E-state index is 10.6. The van der Waals surface area contributed by atoms with Gasteiger partial charge in [-0.05, 0) is 18.8 Å². The van der Waals surface area contributed by atoms with Gasteiger partial charge in [-0.25, -0.2) is 0 Å². The topological polar surface area (TPSA) is 94.0 Å². The van der Waals surface area contributed by atoms with Crippen LogP contribution in [-0.2, 0) is 17.8 Å². The van der Waals surface area contributed by atoms with Gasteiger partial charge in [0.25, 0.3) is 0 Å². The minimum atomic E-state index is -1.01. The average molecular weight is 224 g/mol. The molecule has 0 aliphatic heterocycles. The molecule has 1 unspecified atom stereocenters. The van der Waals surface area contributed by atoms with E-state index in [-0.39, 0.29) is 6.42 Å². The van der Waals surface area contributed by atoms with Gasteiger partial charge < -0.3 is 10.8 Å². The average Bonchev–Trinajstić information content (AvgIpc) is 2.59. The molecule has 1 saturated carbocycles. The zero-order chi connectivity index (χ0) is 11.5. The van der Waals surface area contributed by atoms with Gasteiger partial charge in [0, 0.05) is 19.2 Å². The Hall–Kier alpha value is -1.43. The van der Waals surface area contributed by atoms with Crippen LogP contribution in [0.25, 0.3) is 0 Å². The lowest BCUT2D eigenvalue weighted by molar-refractivity contribution is -0.138. The molecule has 6 nitrogen and oxygen atoms in total. The maximum absolute atomic E-state index is 10.6. The van der Waals surface area contributed by atoms with Crippen LogP contribution in [0.5, 0.6) is 0 Å². The van der Waals surface area contributed by atoms with Gasteiger partial charge in [-0.1, -0.05) is 11.6 Å². The molecule has 88 valence electrons. The molecule has 1 atom stereocenters. The molecule has 0 amide bonds. The summed E-state index contributed by atoms with van der Waals surface area (Å²) >= 11 is 0. The van der Waals surface area contributed by atoms with Gasteiger partial charge in [-0.3, -0.25) is 9.48 Å². The molecule has 0 radical (unpaired) electrons. The Morgan fingerprint density at radius 3 is 3.00 bits per heavy atom. The van der Waals surface area contributed by atoms with Gasteiger partial charge >= 0.3 is 5.97 Å². The second kappa shape index (κ2) is 4.61. The fraction of sp³-hybridized carbons (Fsp3) is 0.700. The molecule has 2 rings (SSSR count). The Balaban J connectivity index is 1.88. The van der Waals surface area contributed by atoms with E-state index in [4.69, 9.17) is 10.8 Å². The predicted molar refractivity (Wildman–Crippen MR) is 56.7 cm³/mol. The van der Waals surface area contributed by atoms with Gasteiger partial charge in [0.1, 0.15) is 6.04 Å². The molecule has 0 bridgehead atoms. The minimum absolute atomic E-state index is 0.236. The predicted octanol–water partition coefficient (Wildman–Crippen LogP) is 0.0326. The Labute approximate surface area is 93.4 Å². The second-order valence-corrected chi connectivity index (χ2v) is 4.38. The summed E-state index contributed by atoms with van der Waals surface area (Å²) < 4.78 is 1.79. The lowest BCUT2D eigenvalue weighted by atomic mass is 9.85. The number of nitrogens with zero attached hydrogens (tertiary/aromatic N) is 3. The SMILES string of the molecule is NC(Cc1cn(CC2CCC2)nn1)C(=O)O. The Morgan fingerprint density at radius 1 is 1.69 bits per heavy atom. The number of carboxylic acid groups (broad SMARTS) is 1. The van der Waals surface area contributed by atoms with E-state index < -0.39 is 12.0 Å². The van der Waals surface area contributed by atoms with Crippen LogP contribution in [0.15, 0.2) is 6.20 Å². The van der Waals surface area contributed by atoms with Crippen LogP contribution < -0.4 is 5.73 Å². The van der Waals surface area contributed by atoms with E-state index >= 15 is 0 Å². The summed E-state index contributed by atoms with van der Waals surface area (Å²) in [7, 11) is 0. The van der Waals surface area contributed by atoms with Crippen LogP contribution in [0.3, 0.4) is 0 Å². The van der Waals surface area contributed by atoms with Gasteiger partial charge in [0.2, 0.25) is 0 Å². The molecule has 1 fully saturated rings. The normalized spacial score (nSPS) is 18.1. The molecular weight excluding hydrogens is 208 g/mol. The highest BCUT2D eigenvalue weighted by atomic mass is 16.4. The summed E-state index contributed by atoms with van der Waals surface area (Å²) in [6.07, 6.45) is 5.84. The molecule has 16 heavy (non-hydrogen) atoms. The number of nitrogens with two attached hydrogens (primary N) is 1. The third-order valence-electron chi connectivity index (χ3n) is 3.00. The maximum Gasteiger partial charge on any atom is 0.320 e. The van der Waals surface area contributed by atoms with Crippen molar-refractivity contribution in [3.8, 4) is 0 Å². The van der Waals surface area contributed by atoms with Crippen LogP contribution in [-0.4, -0.2) is 32.1 Å². The number of aromatic nitrogens is 3. The Kier molecular flexibility index (Phi) is 3.19. The summed E-state index contributed by atoms with van der Waals surface area (Å²) in [6.45, 7) is 0.884. The zero-order valence-corrected chi connectivity index (χ0v) is 9.04. The van der Waals surface area contributed by atoms with Gasteiger partial charge in [-0.2, -0.15) is 0 Å². The summed E-state index contributed by atoms with van der Waals surface area (Å²) in [5.74, 6) is -0.295. The van der Waals surface area contributed by atoms with Crippen LogP contribution in [0.4, 0.5) is 0 Å². The molecule has 1 aromatic rings. The Morgan fingerprint density at radius 2 is 2.44 bits per heavy atom. The number of hydrogen-bond donors (Lipinski definition) is 2. The highest BCUT2D eigenvalue weighted by Gasteiger charge is 2.19. The molecular formula is C10H16N4O2. The number of hydrogen-bond acceptors (Lipinski definition) is 4. The second-order valence-electron chi connectivity index (χ2n) is 4.38. The molecule has 3 N–H and O–H groups in total. The molecule has 1 aliphatic rings. The number of carboxylic acids is 1. The van der Waals surface area contributed by atoms with Crippen molar-refractivity contribution in [1.82, 2.24) is 15.0 Å². The summed E-state index contributed by atoms with van der Waals surface area (Å²) in [4.78, 5) is 10.6. The quantitative estimate of drug-likeness (QED) is 0.736. The molecule has 1 aromatic heterocycles. The summed E-state index contributed by atoms with van der Waals surface area (Å²) in [5, 5.41) is 16.6. The highest BCUT2D eigenvalue weighted by molar-refractivity contribution is 5.73. The molecule has 6 heteroatoms. The van der Waals surface area contributed by atoms with Gasteiger partial charge in [-0.15, -0.1) is 5.10 Å². The van der Waals surface area contributed by atoms with Crippen molar-refractivity contribution in [3.05, 3.63) is 11.9 Å². The molecule has 0 aromatic carbocycles. The van der Waals surface area contributed by atoms with Gasteiger partial charge in [0.15, 0.2) is 0 Å². The fourth-order valence-corrected chi connectivity index (χ4v) is 1.77. The molecule has 1 heterocycles. The van der Waals surface area contributed by atoms with Crippen LogP contribution >= 0.6 is 0 Å². The zero-order valence-electron chi connectivity index (χ0n) is 9.04. The van der Waals surface area contributed by atoms with Crippen LogP contribution in [0, 0.1) is 5.92 Å². The first-order chi connectivity index (χ1) is 7.65. The number of aliphatic carboxylic acids is 1. The van der Waals surface area contributed by atoms with E-state index in [2.05, 4.69) is 10.3 Å². The van der Waals surface area contributed by atoms with Crippen LogP contribution in [0.1, 0.15) is 25.0 Å². The third-order valence-corrected chi connectivity index (χ3v) is 3.00. The first-order valence-corrected chi connectivity index (χ1v) is 5.52. The number of rotatable bonds is 5. The van der Waals surface area contributed by atoms with Crippen molar-refractivity contribution in [3.63, 3.8) is 0 Å². The van der Waals surface area contributed by atoms with E-state index in [9.17, 15) is 4.79 Å². The minimum Gasteiger partial charge on any atom is -0.480 e. The standard InChI is InChI=1S/C10H16N4O2/c11-9(10(15)16)4-8-6-14(13-12-8)5-7-2-1-3-7/h6-7,9H,1-5,11H2,(H,15,16). The van der Waals surface area contributed by atoms with E-state index in [0.29, 0.717) is 11.6 Å².